The van der Waals surface area contributed by atoms with Gasteiger partial charge in [-0.05, 0) is 25.8 Å². The lowest BCUT2D eigenvalue weighted by atomic mass is 9.77. The number of fused-ring (bicyclic) bond motifs is 1. The summed E-state index contributed by atoms with van der Waals surface area (Å²) in [6.45, 7) is 2.76. The summed E-state index contributed by atoms with van der Waals surface area (Å²) < 4.78 is 31.0. The van der Waals surface area contributed by atoms with E-state index >= 15 is 0 Å². The molecule has 1 spiro atoms. The summed E-state index contributed by atoms with van der Waals surface area (Å²) in [5.74, 6) is 0.433. The third kappa shape index (κ3) is 3.36. The van der Waals surface area contributed by atoms with Crippen molar-refractivity contribution < 1.29 is 18.0 Å². The number of hydrogen-bond acceptors (Lipinski definition) is 8. The molecule has 1 aliphatic carbocycles. The van der Waals surface area contributed by atoms with E-state index < -0.39 is 9.84 Å². The highest BCUT2D eigenvalue weighted by molar-refractivity contribution is 7.91. The molecule has 3 aliphatic rings. The van der Waals surface area contributed by atoms with Crippen LogP contribution in [0.3, 0.4) is 0 Å². The number of methoxy groups -OCH3 is 1. The van der Waals surface area contributed by atoms with Gasteiger partial charge in [-0.15, -0.1) is 0 Å². The molecule has 2 aromatic heterocycles. The number of nitrogens with zero attached hydrogens (tertiary/aromatic N) is 3. The lowest BCUT2D eigenvalue weighted by molar-refractivity contribution is -0.147. The van der Waals surface area contributed by atoms with Gasteiger partial charge >= 0.3 is 0 Å². The zero-order valence-electron chi connectivity index (χ0n) is 17.2. The molecule has 30 heavy (non-hydrogen) atoms. The van der Waals surface area contributed by atoms with Gasteiger partial charge in [0.15, 0.2) is 5.65 Å². The molecule has 0 radical (unpaired) electrons. The number of aromatic nitrogens is 3. The molecule has 0 bridgehead atoms. The van der Waals surface area contributed by atoms with Gasteiger partial charge < -0.3 is 10.1 Å². The van der Waals surface area contributed by atoms with Gasteiger partial charge in [-0.2, -0.15) is 5.10 Å². The SMILES string of the molecule is CCn1ncc2c(NC3CCS(=O)(=O)CC3)c(C3=CC4(CC(OC)C4)ON3)cnc21. The van der Waals surface area contributed by atoms with Crippen molar-refractivity contribution in [1.82, 2.24) is 20.2 Å². The van der Waals surface area contributed by atoms with Gasteiger partial charge in [0.05, 0.1) is 40.6 Å². The van der Waals surface area contributed by atoms with Crippen molar-refractivity contribution in [1.29, 1.82) is 0 Å². The van der Waals surface area contributed by atoms with Crippen LogP contribution in [0.5, 0.6) is 0 Å². The van der Waals surface area contributed by atoms with E-state index in [-0.39, 0.29) is 29.3 Å². The number of hydrogen-bond donors (Lipinski definition) is 2. The van der Waals surface area contributed by atoms with Gasteiger partial charge in [-0.3, -0.25) is 10.3 Å². The molecule has 2 fully saturated rings. The minimum Gasteiger partial charge on any atom is -0.381 e. The molecule has 1 saturated carbocycles. The minimum atomic E-state index is -2.92. The van der Waals surface area contributed by atoms with Gasteiger partial charge in [0.25, 0.3) is 0 Å². The Labute approximate surface area is 175 Å². The summed E-state index contributed by atoms with van der Waals surface area (Å²) in [6, 6.07) is 0.0845. The topological polar surface area (TPSA) is 107 Å². The van der Waals surface area contributed by atoms with E-state index in [0.717, 1.165) is 47.4 Å². The molecule has 0 unspecified atom stereocenters. The largest absolute Gasteiger partial charge is 0.381 e. The van der Waals surface area contributed by atoms with Crippen molar-refractivity contribution in [3.63, 3.8) is 0 Å². The van der Waals surface area contributed by atoms with Crippen LogP contribution in [0.4, 0.5) is 5.69 Å². The van der Waals surface area contributed by atoms with Gasteiger partial charge in [0.1, 0.15) is 15.4 Å². The molecule has 10 heteroatoms. The average Bonchev–Trinajstić information content (AvgIpc) is 3.33. The zero-order chi connectivity index (χ0) is 20.9. The number of nitrogens with one attached hydrogen (secondary N) is 2. The van der Waals surface area contributed by atoms with Gasteiger partial charge in [-0.1, -0.05) is 0 Å². The van der Waals surface area contributed by atoms with Gasteiger partial charge in [0.2, 0.25) is 0 Å². The first kappa shape index (κ1) is 19.8. The molecule has 2 N–H and O–H groups in total. The molecule has 5 rings (SSSR count). The van der Waals surface area contributed by atoms with Gasteiger partial charge in [-0.25, -0.2) is 18.1 Å². The first-order chi connectivity index (χ1) is 14.4. The molecule has 0 aromatic carbocycles. The fourth-order valence-corrected chi connectivity index (χ4v) is 6.04. The molecule has 0 atom stereocenters. The molecule has 0 amide bonds. The Kier molecular flexibility index (Phi) is 4.75. The minimum absolute atomic E-state index is 0.0845. The average molecular weight is 434 g/mol. The fourth-order valence-electron chi connectivity index (χ4n) is 4.55. The van der Waals surface area contributed by atoms with Crippen LogP contribution >= 0.6 is 0 Å². The molecular weight excluding hydrogens is 406 g/mol. The molecule has 9 nitrogen and oxygen atoms in total. The van der Waals surface area contributed by atoms with E-state index in [9.17, 15) is 8.42 Å². The first-order valence-electron chi connectivity index (χ1n) is 10.4. The van der Waals surface area contributed by atoms with Crippen LogP contribution in [0.15, 0.2) is 18.5 Å². The number of rotatable bonds is 5. The molecule has 2 aromatic rings. The van der Waals surface area contributed by atoms with Crippen LogP contribution in [0.25, 0.3) is 16.7 Å². The third-order valence-corrected chi connectivity index (χ3v) is 8.13. The van der Waals surface area contributed by atoms with Crippen LogP contribution in [-0.4, -0.2) is 59.5 Å². The predicted octanol–water partition coefficient (Wildman–Crippen LogP) is 1.86. The van der Waals surface area contributed by atoms with E-state index in [1.165, 1.54) is 0 Å². The summed E-state index contributed by atoms with van der Waals surface area (Å²) in [5.41, 5.74) is 6.26. The number of ether oxygens (including phenoxy) is 1. The van der Waals surface area contributed by atoms with Crippen LogP contribution < -0.4 is 10.8 Å². The maximum atomic E-state index is 11.8. The van der Waals surface area contributed by atoms with E-state index in [2.05, 4.69) is 27.0 Å². The quantitative estimate of drug-likeness (QED) is 0.736. The number of anilines is 1. The molecular formula is C20H27N5O4S. The van der Waals surface area contributed by atoms with Crippen molar-refractivity contribution >= 4 is 32.3 Å². The Morgan fingerprint density at radius 3 is 2.80 bits per heavy atom. The van der Waals surface area contributed by atoms with Crippen LogP contribution in [0.1, 0.15) is 38.2 Å². The second-order valence-corrected chi connectivity index (χ2v) is 10.7. The van der Waals surface area contributed by atoms with E-state index in [1.54, 1.807) is 7.11 Å². The Balaban J connectivity index is 1.50. The second kappa shape index (κ2) is 7.21. The second-order valence-electron chi connectivity index (χ2n) is 8.41. The number of sulfone groups is 1. The zero-order valence-corrected chi connectivity index (χ0v) is 18.0. The predicted molar refractivity (Wildman–Crippen MR) is 113 cm³/mol. The molecule has 1 saturated heterocycles. The van der Waals surface area contributed by atoms with Crippen LogP contribution in [0.2, 0.25) is 0 Å². The molecule has 162 valence electrons. The highest BCUT2D eigenvalue weighted by atomic mass is 32.2. The number of pyridine rings is 1. The fraction of sp³-hybridized carbons (Fsp3) is 0.600. The van der Waals surface area contributed by atoms with Crippen LogP contribution in [-0.2, 0) is 26.0 Å². The summed E-state index contributed by atoms with van der Waals surface area (Å²) >= 11 is 0. The van der Waals surface area contributed by atoms with E-state index in [1.807, 2.05) is 24.0 Å². The number of hydroxylamine groups is 1. The Bertz CT molecular complexity index is 1090. The van der Waals surface area contributed by atoms with Crippen molar-refractivity contribution in [2.75, 3.05) is 23.9 Å². The summed E-state index contributed by atoms with van der Waals surface area (Å²) in [7, 11) is -1.20. The highest BCUT2D eigenvalue weighted by Crippen LogP contribution is 2.44. The number of aryl methyl sites for hydroxylation is 1. The van der Waals surface area contributed by atoms with Crippen molar-refractivity contribution in [2.45, 2.75) is 56.9 Å². The maximum absolute atomic E-state index is 11.8. The summed E-state index contributed by atoms with van der Waals surface area (Å²) in [6.07, 6.45) is 8.81. The highest BCUT2D eigenvalue weighted by Gasteiger charge is 2.48. The summed E-state index contributed by atoms with van der Waals surface area (Å²) in [5, 5.41) is 9.00. The Morgan fingerprint density at radius 2 is 2.10 bits per heavy atom. The smallest absolute Gasteiger partial charge is 0.159 e. The molecule has 4 heterocycles. The van der Waals surface area contributed by atoms with Gasteiger partial charge in [0, 0.05) is 44.3 Å². The standard InChI is InChI=1S/C20H27N5O4S/c1-3-25-19-16(12-22-25)18(23-13-4-6-30(26,27)7-5-13)15(11-21-19)17-10-20(29-24-17)8-14(9-20)28-2/h10-14,24H,3-9H2,1-2H3,(H,21,23). The molecule has 2 aliphatic heterocycles. The van der Waals surface area contributed by atoms with Crippen LogP contribution in [0, 0.1) is 0 Å². The normalized spacial score (nSPS) is 23.3. The first-order valence-corrected chi connectivity index (χ1v) is 12.3. The Morgan fingerprint density at radius 1 is 1.33 bits per heavy atom. The monoisotopic (exact) mass is 433 g/mol. The van der Waals surface area contributed by atoms with Crippen molar-refractivity contribution in [3.8, 4) is 0 Å². The van der Waals surface area contributed by atoms with Crippen molar-refractivity contribution in [2.24, 2.45) is 0 Å². The van der Waals surface area contributed by atoms with Crippen molar-refractivity contribution in [3.05, 3.63) is 24.0 Å². The lowest BCUT2D eigenvalue weighted by Gasteiger charge is -2.40. The van der Waals surface area contributed by atoms with E-state index in [0.29, 0.717) is 12.8 Å². The maximum Gasteiger partial charge on any atom is 0.159 e. The Hall–Kier alpha value is -2.17. The van der Waals surface area contributed by atoms with E-state index in [4.69, 9.17) is 9.57 Å². The lowest BCUT2D eigenvalue weighted by Crippen LogP contribution is -2.47. The third-order valence-electron chi connectivity index (χ3n) is 6.41. The summed E-state index contributed by atoms with van der Waals surface area (Å²) in [4.78, 5) is 10.6.